The van der Waals surface area contributed by atoms with Gasteiger partial charge in [0, 0.05) is 12.6 Å². The van der Waals surface area contributed by atoms with Gasteiger partial charge in [-0.25, -0.2) is 4.79 Å². The average molecular weight is 224 g/mol. The number of carbonyl (C=O) groups is 1. The average Bonchev–Trinajstić information content (AvgIpc) is 2.66. The van der Waals surface area contributed by atoms with Crippen LogP contribution in [0.25, 0.3) is 0 Å². The van der Waals surface area contributed by atoms with Gasteiger partial charge in [0.15, 0.2) is 11.5 Å². The summed E-state index contributed by atoms with van der Waals surface area (Å²) < 4.78 is 4.99. The molecule has 2 heterocycles. The van der Waals surface area contributed by atoms with E-state index in [1.54, 1.807) is 0 Å². The maximum absolute atomic E-state index is 10.6. The fraction of sp³-hybridized carbons (Fsp3) is 0.636. The minimum absolute atomic E-state index is 0.0138. The minimum Gasteiger partial charge on any atom is -0.476 e. The van der Waals surface area contributed by atoms with Crippen molar-refractivity contribution in [1.29, 1.82) is 0 Å². The molecule has 0 bridgehead atoms. The zero-order valence-corrected chi connectivity index (χ0v) is 9.35. The van der Waals surface area contributed by atoms with Crippen molar-refractivity contribution in [1.82, 2.24) is 10.1 Å². The van der Waals surface area contributed by atoms with Crippen molar-refractivity contribution in [3.63, 3.8) is 0 Å². The second-order valence-corrected chi connectivity index (χ2v) is 4.47. The molecule has 1 N–H and O–H groups in total. The number of hydrogen-bond acceptors (Lipinski definition) is 4. The molecule has 2 rings (SSSR count). The number of nitrogens with zero attached hydrogens (tertiary/aromatic N) is 2. The predicted molar refractivity (Wildman–Crippen MR) is 57.1 cm³/mol. The highest BCUT2D eigenvalue weighted by atomic mass is 16.5. The molecule has 0 aromatic carbocycles. The highest BCUT2D eigenvalue weighted by molar-refractivity contribution is 5.85. The van der Waals surface area contributed by atoms with E-state index < -0.39 is 5.97 Å². The summed E-state index contributed by atoms with van der Waals surface area (Å²) in [6.45, 7) is 4.98. The zero-order valence-electron chi connectivity index (χ0n) is 9.35. The first-order chi connectivity index (χ1) is 7.65. The highest BCUT2D eigenvalue weighted by Gasteiger charge is 2.18. The first-order valence-corrected chi connectivity index (χ1v) is 5.56. The number of aromatic nitrogens is 1. The third-order valence-electron chi connectivity index (χ3n) is 2.90. The molecule has 0 spiro atoms. The second-order valence-electron chi connectivity index (χ2n) is 4.47. The lowest BCUT2D eigenvalue weighted by Gasteiger charge is -2.29. The van der Waals surface area contributed by atoms with Gasteiger partial charge in [0.2, 0.25) is 0 Å². The maximum Gasteiger partial charge on any atom is 0.358 e. The normalized spacial score (nSPS) is 22.2. The summed E-state index contributed by atoms with van der Waals surface area (Å²) in [6, 6.07) is 1.50. The van der Waals surface area contributed by atoms with Crippen molar-refractivity contribution in [3.8, 4) is 0 Å². The Hall–Kier alpha value is -1.36. The maximum atomic E-state index is 10.6. The highest BCUT2D eigenvalue weighted by Crippen LogP contribution is 2.18. The van der Waals surface area contributed by atoms with Crippen LogP contribution in [0.1, 0.15) is 36.0 Å². The number of piperidine rings is 1. The lowest BCUT2D eigenvalue weighted by Crippen LogP contribution is -2.33. The summed E-state index contributed by atoms with van der Waals surface area (Å²) in [7, 11) is 0. The molecule has 1 aliphatic heterocycles. The second kappa shape index (κ2) is 4.65. The molecule has 1 atom stereocenters. The molecule has 1 saturated heterocycles. The quantitative estimate of drug-likeness (QED) is 0.844. The van der Waals surface area contributed by atoms with E-state index in [9.17, 15) is 4.79 Å². The zero-order chi connectivity index (χ0) is 11.5. The van der Waals surface area contributed by atoms with Gasteiger partial charge < -0.3 is 9.63 Å². The van der Waals surface area contributed by atoms with Crippen LogP contribution < -0.4 is 0 Å². The van der Waals surface area contributed by atoms with Gasteiger partial charge in [0.05, 0.1) is 6.54 Å². The molecule has 88 valence electrons. The van der Waals surface area contributed by atoms with Gasteiger partial charge in [-0.3, -0.25) is 4.90 Å². The minimum atomic E-state index is -1.04. The molecule has 0 amide bonds. The molecule has 5 heteroatoms. The molecule has 1 unspecified atom stereocenters. The fourth-order valence-corrected chi connectivity index (χ4v) is 2.14. The Morgan fingerprint density at radius 1 is 1.75 bits per heavy atom. The van der Waals surface area contributed by atoms with Crippen LogP contribution in [0.2, 0.25) is 0 Å². The lowest BCUT2D eigenvalue weighted by molar-refractivity contribution is 0.0685. The van der Waals surface area contributed by atoms with Crippen LogP contribution in [0, 0.1) is 5.92 Å². The summed E-state index contributed by atoms with van der Waals surface area (Å²) in [5.74, 6) is 0.295. The monoisotopic (exact) mass is 224 g/mol. The fourth-order valence-electron chi connectivity index (χ4n) is 2.14. The van der Waals surface area contributed by atoms with Crippen LogP contribution in [0.5, 0.6) is 0 Å². The van der Waals surface area contributed by atoms with Crippen molar-refractivity contribution in [3.05, 3.63) is 17.5 Å². The van der Waals surface area contributed by atoms with Crippen molar-refractivity contribution >= 4 is 5.97 Å². The van der Waals surface area contributed by atoms with Gasteiger partial charge in [0.1, 0.15) is 0 Å². The van der Waals surface area contributed by atoms with Gasteiger partial charge in [-0.2, -0.15) is 0 Å². The van der Waals surface area contributed by atoms with Crippen LogP contribution in [0.15, 0.2) is 10.6 Å². The molecule has 0 radical (unpaired) electrons. The van der Waals surface area contributed by atoms with Gasteiger partial charge in [-0.05, 0) is 25.3 Å². The third kappa shape index (κ3) is 2.61. The van der Waals surface area contributed by atoms with E-state index in [4.69, 9.17) is 9.63 Å². The topological polar surface area (TPSA) is 66.6 Å². The molecule has 16 heavy (non-hydrogen) atoms. The first kappa shape index (κ1) is 11.1. The first-order valence-electron chi connectivity index (χ1n) is 5.56. The van der Waals surface area contributed by atoms with E-state index >= 15 is 0 Å². The number of aromatic carboxylic acids is 1. The number of carboxylic acids is 1. The molecule has 0 aliphatic carbocycles. The van der Waals surface area contributed by atoms with Crippen LogP contribution in [0.3, 0.4) is 0 Å². The van der Waals surface area contributed by atoms with Crippen LogP contribution in [0.4, 0.5) is 0 Å². The van der Waals surface area contributed by atoms with E-state index in [2.05, 4.69) is 17.0 Å². The Morgan fingerprint density at radius 2 is 2.56 bits per heavy atom. The van der Waals surface area contributed by atoms with Crippen molar-refractivity contribution in [2.45, 2.75) is 26.3 Å². The number of rotatable bonds is 3. The molecule has 1 aliphatic rings. The van der Waals surface area contributed by atoms with Gasteiger partial charge in [0.25, 0.3) is 0 Å². The van der Waals surface area contributed by atoms with Gasteiger partial charge in [-0.15, -0.1) is 0 Å². The molecular weight excluding hydrogens is 208 g/mol. The largest absolute Gasteiger partial charge is 0.476 e. The summed E-state index contributed by atoms with van der Waals surface area (Å²) in [5, 5.41) is 12.2. The molecule has 1 aromatic rings. The van der Waals surface area contributed by atoms with E-state index in [-0.39, 0.29) is 5.69 Å². The molecule has 0 saturated carbocycles. The Morgan fingerprint density at radius 3 is 3.19 bits per heavy atom. The predicted octanol–water partition coefficient (Wildman–Crippen LogP) is 1.60. The molecule has 5 nitrogen and oxygen atoms in total. The summed E-state index contributed by atoms with van der Waals surface area (Å²) in [5.41, 5.74) is -0.0138. The van der Waals surface area contributed by atoms with Crippen molar-refractivity contribution < 1.29 is 14.4 Å². The van der Waals surface area contributed by atoms with Crippen molar-refractivity contribution in [2.24, 2.45) is 5.92 Å². The summed E-state index contributed by atoms with van der Waals surface area (Å²) >= 11 is 0. The van der Waals surface area contributed by atoms with Gasteiger partial charge >= 0.3 is 5.97 Å². The van der Waals surface area contributed by atoms with Crippen LogP contribution >= 0.6 is 0 Å². The Labute approximate surface area is 94.0 Å². The van der Waals surface area contributed by atoms with E-state index in [0.29, 0.717) is 18.2 Å². The third-order valence-corrected chi connectivity index (χ3v) is 2.90. The summed E-state index contributed by atoms with van der Waals surface area (Å²) in [4.78, 5) is 12.9. The molecule has 1 aromatic heterocycles. The van der Waals surface area contributed by atoms with E-state index in [1.807, 2.05) is 0 Å². The standard InChI is InChI=1S/C11H16N2O3/c1-8-3-2-4-13(6-8)7-9-5-10(11(14)15)12-16-9/h5,8H,2-4,6-7H2,1H3,(H,14,15). The van der Waals surface area contributed by atoms with E-state index in [1.165, 1.54) is 18.9 Å². The van der Waals surface area contributed by atoms with E-state index in [0.717, 1.165) is 13.1 Å². The van der Waals surface area contributed by atoms with Crippen LogP contribution in [-0.4, -0.2) is 34.2 Å². The molecular formula is C11H16N2O3. The Balaban J connectivity index is 1.95. The number of carboxylic acid groups (broad SMARTS) is 1. The Bertz CT molecular complexity index is 375. The SMILES string of the molecule is CC1CCCN(Cc2cc(C(=O)O)no2)C1. The van der Waals surface area contributed by atoms with Crippen LogP contribution in [-0.2, 0) is 6.54 Å². The molecule has 1 fully saturated rings. The number of hydrogen-bond donors (Lipinski definition) is 1. The van der Waals surface area contributed by atoms with Gasteiger partial charge in [-0.1, -0.05) is 12.1 Å². The number of likely N-dealkylation sites (tertiary alicyclic amines) is 1. The smallest absolute Gasteiger partial charge is 0.358 e. The lowest BCUT2D eigenvalue weighted by atomic mass is 10.0. The van der Waals surface area contributed by atoms with Crippen molar-refractivity contribution in [2.75, 3.05) is 13.1 Å². The Kier molecular flexibility index (Phi) is 3.24. The summed E-state index contributed by atoms with van der Waals surface area (Å²) in [6.07, 6.45) is 2.47.